The summed E-state index contributed by atoms with van der Waals surface area (Å²) < 4.78 is 26.5. The zero-order valence-electron chi connectivity index (χ0n) is 12.2. The lowest BCUT2D eigenvalue weighted by Crippen LogP contribution is -2.45. The van der Waals surface area contributed by atoms with Crippen LogP contribution in [0.2, 0.25) is 0 Å². The molecule has 2 rings (SSSR count). The van der Waals surface area contributed by atoms with E-state index in [-0.39, 0.29) is 11.6 Å². The number of nitrogens with zero attached hydrogens (tertiary/aromatic N) is 1. The topological polar surface area (TPSA) is 69.6 Å². The minimum Gasteiger partial charge on any atom is -0.393 e. The Kier molecular flexibility index (Phi) is 5.07. The number of hydrogen-bond acceptors (Lipinski definition) is 3. The zero-order chi connectivity index (χ0) is 16.3. The van der Waals surface area contributed by atoms with E-state index in [4.69, 9.17) is 0 Å². The molecule has 1 unspecified atom stereocenters. The molecule has 0 bridgehead atoms. The van der Waals surface area contributed by atoms with Gasteiger partial charge in [0.2, 0.25) is 0 Å². The number of halogens is 2. The molecule has 1 aromatic carbocycles. The van der Waals surface area contributed by atoms with Crippen molar-refractivity contribution in [1.82, 2.24) is 4.90 Å². The Hall–Kier alpha value is -2.02. The predicted octanol–water partition coefficient (Wildman–Crippen LogP) is 1.52. The number of benzene rings is 1. The van der Waals surface area contributed by atoms with E-state index in [0.717, 1.165) is 18.2 Å². The molecule has 2 N–H and O–H groups in total. The maximum atomic E-state index is 13.4. The predicted molar refractivity (Wildman–Crippen MR) is 76.0 cm³/mol. The SMILES string of the molecule is CC(O)C1CCN(C(=O)C(=O)Nc2cc(F)ccc2F)CC1. The first-order valence-electron chi connectivity index (χ1n) is 7.12. The summed E-state index contributed by atoms with van der Waals surface area (Å²) in [5, 5.41) is 11.6. The number of rotatable bonds is 2. The minimum absolute atomic E-state index is 0.104. The second kappa shape index (κ2) is 6.83. The van der Waals surface area contributed by atoms with Crippen molar-refractivity contribution < 1.29 is 23.5 Å². The number of carbonyl (C=O) groups excluding carboxylic acids is 2. The highest BCUT2D eigenvalue weighted by Crippen LogP contribution is 2.21. The second-order valence-corrected chi connectivity index (χ2v) is 5.45. The van der Waals surface area contributed by atoms with Crippen LogP contribution in [0.1, 0.15) is 19.8 Å². The van der Waals surface area contributed by atoms with E-state index in [2.05, 4.69) is 5.32 Å². The Balaban J connectivity index is 1.96. The van der Waals surface area contributed by atoms with Crippen LogP contribution in [0.3, 0.4) is 0 Å². The highest BCUT2D eigenvalue weighted by molar-refractivity contribution is 6.39. The average Bonchev–Trinajstić information content (AvgIpc) is 2.50. The Morgan fingerprint density at radius 2 is 1.95 bits per heavy atom. The molecule has 7 heteroatoms. The van der Waals surface area contributed by atoms with Gasteiger partial charge < -0.3 is 15.3 Å². The molecule has 1 heterocycles. The maximum absolute atomic E-state index is 13.4. The molecule has 1 fully saturated rings. The lowest BCUT2D eigenvalue weighted by atomic mass is 9.92. The Morgan fingerprint density at radius 3 is 2.55 bits per heavy atom. The van der Waals surface area contributed by atoms with E-state index < -0.39 is 29.6 Å². The van der Waals surface area contributed by atoms with E-state index in [1.807, 2.05) is 0 Å². The lowest BCUT2D eigenvalue weighted by molar-refractivity contribution is -0.144. The molecule has 0 aliphatic carbocycles. The van der Waals surface area contributed by atoms with Crippen molar-refractivity contribution in [3.8, 4) is 0 Å². The van der Waals surface area contributed by atoms with E-state index >= 15 is 0 Å². The van der Waals surface area contributed by atoms with Crippen LogP contribution < -0.4 is 5.32 Å². The van der Waals surface area contributed by atoms with Crippen LogP contribution in [0.15, 0.2) is 18.2 Å². The number of likely N-dealkylation sites (tertiary alicyclic amines) is 1. The molecule has 1 aromatic rings. The number of piperidine rings is 1. The van der Waals surface area contributed by atoms with Crippen molar-refractivity contribution >= 4 is 17.5 Å². The second-order valence-electron chi connectivity index (χ2n) is 5.45. The van der Waals surface area contributed by atoms with Crippen molar-refractivity contribution in [2.45, 2.75) is 25.9 Å². The highest BCUT2D eigenvalue weighted by Gasteiger charge is 2.29. The van der Waals surface area contributed by atoms with Crippen LogP contribution in [-0.2, 0) is 9.59 Å². The molecule has 1 saturated heterocycles. The van der Waals surface area contributed by atoms with E-state index in [1.54, 1.807) is 6.92 Å². The van der Waals surface area contributed by atoms with Crippen LogP contribution >= 0.6 is 0 Å². The summed E-state index contributed by atoms with van der Waals surface area (Å²) in [5.74, 6) is -3.20. The summed E-state index contributed by atoms with van der Waals surface area (Å²) in [6.45, 7) is 2.41. The fourth-order valence-electron chi connectivity index (χ4n) is 2.50. The molecular weight excluding hydrogens is 294 g/mol. The first kappa shape index (κ1) is 16.4. The monoisotopic (exact) mass is 312 g/mol. The molecule has 1 atom stereocenters. The van der Waals surface area contributed by atoms with Crippen LogP contribution in [0.25, 0.3) is 0 Å². The van der Waals surface area contributed by atoms with Gasteiger partial charge in [-0.1, -0.05) is 0 Å². The summed E-state index contributed by atoms with van der Waals surface area (Å²) >= 11 is 0. The largest absolute Gasteiger partial charge is 0.393 e. The van der Waals surface area contributed by atoms with Gasteiger partial charge in [-0.25, -0.2) is 8.78 Å². The molecule has 2 amide bonds. The molecular formula is C15H18F2N2O3. The van der Waals surface area contributed by atoms with Gasteiger partial charge in [0.1, 0.15) is 11.6 Å². The maximum Gasteiger partial charge on any atom is 0.313 e. The Labute approximate surface area is 126 Å². The summed E-state index contributed by atoms with van der Waals surface area (Å²) in [6.07, 6.45) is 0.753. The Morgan fingerprint density at radius 1 is 1.32 bits per heavy atom. The quantitative estimate of drug-likeness (QED) is 0.814. The van der Waals surface area contributed by atoms with Crippen LogP contribution in [-0.4, -0.2) is 41.0 Å². The summed E-state index contributed by atoms with van der Waals surface area (Å²) in [4.78, 5) is 25.2. The van der Waals surface area contributed by atoms with E-state index in [9.17, 15) is 23.5 Å². The lowest BCUT2D eigenvalue weighted by Gasteiger charge is -2.32. The van der Waals surface area contributed by atoms with Gasteiger partial charge in [0.05, 0.1) is 11.8 Å². The molecule has 0 saturated carbocycles. The van der Waals surface area contributed by atoms with Gasteiger partial charge in [-0.3, -0.25) is 9.59 Å². The first-order valence-corrected chi connectivity index (χ1v) is 7.12. The van der Waals surface area contributed by atoms with Crippen molar-refractivity contribution in [3.63, 3.8) is 0 Å². The summed E-state index contributed by atoms with van der Waals surface area (Å²) in [7, 11) is 0. The molecule has 120 valence electrons. The number of aliphatic hydroxyl groups is 1. The van der Waals surface area contributed by atoms with Crippen LogP contribution in [0.4, 0.5) is 14.5 Å². The molecule has 5 nitrogen and oxygen atoms in total. The standard InChI is InChI=1S/C15H18F2N2O3/c1-9(20)10-4-6-19(7-5-10)15(22)14(21)18-13-8-11(16)2-3-12(13)17/h2-3,8-10,20H,4-7H2,1H3,(H,18,21). The van der Waals surface area contributed by atoms with Crippen molar-refractivity contribution in [1.29, 1.82) is 0 Å². The third kappa shape index (κ3) is 3.79. The molecule has 0 radical (unpaired) electrons. The molecule has 0 aromatic heterocycles. The number of hydrogen-bond donors (Lipinski definition) is 2. The van der Waals surface area contributed by atoms with E-state index in [1.165, 1.54) is 4.90 Å². The van der Waals surface area contributed by atoms with Crippen molar-refractivity contribution in [3.05, 3.63) is 29.8 Å². The zero-order valence-corrected chi connectivity index (χ0v) is 12.2. The number of carbonyl (C=O) groups is 2. The first-order chi connectivity index (χ1) is 10.4. The molecule has 0 spiro atoms. The van der Waals surface area contributed by atoms with Crippen LogP contribution in [0, 0.1) is 17.6 Å². The van der Waals surface area contributed by atoms with Gasteiger partial charge in [0.15, 0.2) is 0 Å². The highest BCUT2D eigenvalue weighted by atomic mass is 19.1. The van der Waals surface area contributed by atoms with Crippen LogP contribution in [0.5, 0.6) is 0 Å². The van der Waals surface area contributed by atoms with E-state index in [0.29, 0.717) is 25.9 Å². The molecule has 1 aliphatic heterocycles. The van der Waals surface area contributed by atoms with Gasteiger partial charge in [0.25, 0.3) is 0 Å². The fraction of sp³-hybridized carbons (Fsp3) is 0.467. The average molecular weight is 312 g/mol. The third-order valence-electron chi connectivity index (χ3n) is 3.88. The number of aliphatic hydroxyl groups excluding tert-OH is 1. The van der Waals surface area contributed by atoms with Gasteiger partial charge in [-0.2, -0.15) is 0 Å². The Bertz CT molecular complexity index is 570. The summed E-state index contributed by atoms with van der Waals surface area (Å²) in [5.41, 5.74) is -0.364. The van der Waals surface area contributed by atoms with Gasteiger partial charge in [0, 0.05) is 19.2 Å². The molecule has 22 heavy (non-hydrogen) atoms. The number of nitrogens with one attached hydrogen (secondary N) is 1. The van der Waals surface area contributed by atoms with Gasteiger partial charge >= 0.3 is 11.8 Å². The van der Waals surface area contributed by atoms with Gasteiger partial charge in [-0.15, -0.1) is 0 Å². The van der Waals surface area contributed by atoms with Crippen molar-refractivity contribution in [2.75, 3.05) is 18.4 Å². The smallest absolute Gasteiger partial charge is 0.313 e. The van der Waals surface area contributed by atoms with Crippen molar-refractivity contribution in [2.24, 2.45) is 5.92 Å². The minimum atomic E-state index is -1.00. The number of amides is 2. The fourth-order valence-corrected chi connectivity index (χ4v) is 2.50. The molecule has 1 aliphatic rings. The number of anilines is 1. The summed E-state index contributed by atoms with van der Waals surface area (Å²) in [6, 6.07) is 2.62. The third-order valence-corrected chi connectivity index (χ3v) is 3.88. The van der Waals surface area contributed by atoms with Gasteiger partial charge in [-0.05, 0) is 37.8 Å². The normalized spacial score (nSPS) is 17.2.